The van der Waals surface area contributed by atoms with Crippen molar-refractivity contribution in [2.75, 3.05) is 6.54 Å². The van der Waals surface area contributed by atoms with Gasteiger partial charge in [-0.3, -0.25) is 9.59 Å². The number of alkyl halides is 3. The van der Waals surface area contributed by atoms with Gasteiger partial charge in [0.1, 0.15) is 11.9 Å². The van der Waals surface area contributed by atoms with Crippen molar-refractivity contribution in [3.63, 3.8) is 0 Å². The van der Waals surface area contributed by atoms with Gasteiger partial charge in [-0.25, -0.2) is 0 Å². The highest BCUT2D eigenvalue weighted by molar-refractivity contribution is 5.94. The molecule has 1 amide bonds. The molecule has 0 saturated heterocycles. The summed E-state index contributed by atoms with van der Waals surface area (Å²) in [5.41, 5.74) is 2.15. The van der Waals surface area contributed by atoms with Gasteiger partial charge in [0.2, 0.25) is 0 Å². The van der Waals surface area contributed by atoms with Crippen LogP contribution in [-0.2, 0) is 11.0 Å². The highest BCUT2D eigenvalue weighted by atomic mass is 19.4. The highest BCUT2D eigenvalue weighted by Crippen LogP contribution is 2.44. The van der Waals surface area contributed by atoms with Crippen LogP contribution in [0.25, 0.3) is 11.1 Å². The van der Waals surface area contributed by atoms with Crippen molar-refractivity contribution in [3.8, 4) is 16.9 Å². The standard InChI is InChI=1S/C27H24F3NO4/c28-27(29,30)22-11-7-17(8-12-22)18-9-13-23(14-10-18)35-25(19-1-2-19)20-3-5-21(6-4-20)26(34)31-16-15-24(32)33/h3-14,19,25H,1-2,15-16H2,(H,31,34)(H,32,33). The zero-order valence-electron chi connectivity index (χ0n) is 18.7. The number of hydrogen-bond donors (Lipinski definition) is 2. The number of carbonyl (C=O) groups excluding carboxylic acids is 1. The van der Waals surface area contributed by atoms with Crippen molar-refractivity contribution in [3.05, 3.63) is 89.5 Å². The fourth-order valence-electron chi connectivity index (χ4n) is 3.77. The summed E-state index contributed by atoms with van der Waals surface area (Å²) in [5, 5.41) is 11.3. The normalized spacial score (nSPS) is 14.3. The minimum absolute atomic E-state index is 0.0617. The third-order valence-corrected chi connectivity index (χ3v) is 5.84. The topological polar surface area (TPSA) is 75.6 Å². The Morgan fingerprint density at radius 3 is 2.00 bits per heavy atom. The van der Waals surface area contributed by atoms with Gasteiger partial charge in [-0.15, -0.1) is 0 Å². The molecule has 3 aromatic rings. The van der Waals surface area contributed by atoms with Crippen LogP contribution < -0.4 is 10.1 Å². The SMILES string of the molecule is O=C(O)CCNC(=O)c1ccc(C(Oc2ccc(-c3ccc(C(F)(F)F)cc3)cc2)C2CC2)cc1. The van der Waals surface area contributed by atoms with Crippen molar-refractivity contribution >= 4 is 11.9 Å². The van der Waals surface area contributed by atoms with Gasteiger partial charge in [0.25, 0.3) is 5.91 Å². The second-order valence-corrected chi connectivity index (χ2v) is 8.50. The van der Waals surface area contributed by atoms with Gasteiger partial charge in [-0.05, 0) is 65.9 Å². The second kappa shape index (κ2) is 10.2. The number of aliphatic carboxylic acids is 1. The molecule has 0 heterocycles. The van der Waals surface area contributed by atoms with Crippen molar-refractivity contribution in [1.29, 1.82) is 0 Å². The number of carboxylic acids is 1. The van der Waals surface area contributed by atoms with Crippen molar-refractivity contribution in [2.45, 2.75) is 31.5 Å². The van der Waals surface area contributed by atoms with Gasteiger partial charge in [-0.1, -0.05) is 36.4 Å². The zero-order chi connectivity index (χ0) is 25.0. The van der Waals surface area contributed by atoms with Gasteiger partial charge in [0, 0.05) is 18.0 Å². The third kappa shape index (κ3) is 6.41. The first kappa shape index (κ1) is 24.3. The van der Waals surface area contributed by atoms with Crippen molar-refractivity contribution in [1.82, 2.24) is 5.32 Å². The molecule has 1 aliphatic rings. The van der Waals surface area contributed by atoms with E-state index < -0.39 is 17.7 Å². The summed E-state index contributed by atoms with van der Waals surface area (Å²) in [5.74, 6) is -0.300. The lowest BCUT2D eigenvalue weighted by atomic mass is 10.0. The summed E-state index contributed by atoms with van der Waals surface area (Å²) >= 11 is 0. The molecule has 0 aliphatic heterocycles. The summed E-state index contributed by atoms with van der Waals surface area (Å²) in [4.78, 5) is 22.8. The Labute approximate surface area is 200 Å². The lowest BCUT2D eigenvalue weighted by molar-refractivity contribution is -0.138. The molecule has 5 nitrogen and oxygen atoms in total. The lowest BCUT2D eigenvalue weighted by Crippen LogP contribution is -2.26. The van der Waals surface area contributed by atoms with E-state index in [1.165, 1.54) is 12.1 Å². The monoisotopic (exact) mass is 483 g/mol. The van der Waals surface area contributed by atoms with E-state index in [1.807, 2.05) is 24.3 Å². The van der Waals surface area contributed by atoms with Gasteiger partial charge in [0.05, 0.1) is 12.0 Å². The number of carbonyl (C=O) groups is 2. The van der Waals surface area contributed by atoms with Crippen LogP contribution in [0.15, 0.2) is 72.8 Å². The Bertz CT molecular complexity index is 1170. The molecule has 2 N–H and O–H groups in total. The number of ether oxygens (including phenoxy) is 1. The number of hydrogen-bond acceptors (Lipinski definition) is 3. The third-order valence-electron chi connectivity index (χ3n) is 5.84. The number of halogens is 3. The van der Waals surface area contributed by atoms with Crippen molar-refractivity contribution < 1.29 is 32.6 Å². The Morgan fingerprint density at radius 1 is 0.914 bits per heavy atom. The Balaban J connectivity index is 1.42. The first-order chi connectivity index (χ1) is 16.7. The fraction of sp³-hybridized carbons (Fsp3) is 0.259. The molecule has 3 aromatic carbocycles. The van der Waals surface area contributed by atoms with E-state index in [2.05, 4.69) is 5.32 Å². The van der Waals surface area contributed by atoms with Crippen LogP contribution >= 0.6 is 0 Å². The second-order valence-electron chi connectivity index (χ2n) is 8.50. The zero-order valence-corrected chi connectivity index (χ0v) is 18.7. The molecule has 0 radical (unpaired) electrons. The van der Waals surface area contributed by atoms with Crippen LogP contribution in [0, 0.1) is 5.92 Å². The Hall–Kier alpha value is -3.81. The molecular weight excluding hydrogens is 459 g/mol. The molecule has 1 aliphatic carbocycles. The molecular formula is C27H24F3NO4. The molecule has 0 aromatic heterocycles. The number of carboxylic acid groups (broad SMARTS) is 1. The van der Waals surface area contributed by atoms with Gasteiger partial charge >= 0.3 is 12.1 Å². The summed E-state index contributed by atoms with van der Waals surface area (Å²) in [6, 6.07) is 19.3. The van der Waals surface area contributed by atoms with Gasteiger partial charge in [-0.2, -0.15) is 13.2 Å². The molecule has 35 heavy (non-hydrogen) atoms. The van der Waals surface area contributed by atoms with Crippen LogP contribution in [0.5, 0.6) is 5.75 Å². The summed E-state index contributed by atoms with van der Waals surface area (Å²) in [6.45, 7) is 0.0617. The Kier molecular flexibility index (Phi) is 7.10. The number of benzene rings is 3. The molecule has 0 spiro atoms. The smallest absolute Gasteiger partial charge is 0.416 e. The van der Waals surface area contributed by atoms with E-state index in [0.717, 1.165) is 36.1 Å². The first-order valence-electron chi connectivity index (χ1n) is 11.2. The minimum Gasteiger partial charge on any atom is -0.485 e. The van der Waals surface area contributed by atoms with Crippen LogP contribution in [0.2, 0.25) is 0 Å². The molecule has 1 unspecified atom stereocenters. The molecule has 4 rings (SSSR count). The number of amides is 1. The lowest BCUT2D eigenvalue weighted by Gasteiger charge is -2.20. The molecule has 1 atom stereocenters. The van der Waals surface area contributed by atoms with Crippen molar-refractivity contribution in [2.24, 2.45) is 5.92 Å². The molecule has 1 saturated carbocycles. The number of nitrogens with one attached hydrogen (secondary N) is 1. The van der Waals surface area contributed by atoms with E-state index in [9.17, 15) is 22.8 Å². The summed E-state index contributed by atoms with van der Waals surface area (Å²) in [7, 11) is 0. The fourth-order valence-corrected chi connectivity index (χ4v) is 3.77. The van der Waals surface area contributed by atoms with Gasteiger partial charge < -0.3 is 15.2 Å². The summed E-state index contributed by atoms with van der Waals surface area (Å²) in [6.07, 6.45) is -2.62. The number of rotatable bonds is 9. The maximum absolute atomic E-state index is 12.8. The molecule has 0 bridgehead atoms. The van der Waals surface area contributed by atoms with Crippen LogP contribution in [-0.4, -0.2) is 23.5 Å². The van der Waals surface area contributed by atoms with E-state index in [0.29, 0.717) is 22.8 Å². The maximum atomic E-state index is 12.8. The molecule has 1 fully saturated rings. The van der Waals surface area contributed by atoms with Crippen LogP contribution in [0.3, 0.4) is 0 Å². The highest BCUT2D eigenvalue weighted by Gasteiger charge is 2.34. The largest absolute Gasteiger partial charge is 0.485 e. The minimum atomic E-state index is -4.36. The first-order valence-corrected chi connectivity index (χ1v) is 11.2. The Morgan fingerprint density at radius 2 is 1.49 bits per heavy atom. The molecule has 182 valence electrons. The molecule has 8 heteroatoms. The van der Waals surface area contributed by atoms with Gasteiger partial charge in [0.15, 0.2) is 0 Å². The predicted molar refractivity (Wildman–Crippen MR) is 124 cm³/mol. The average molecular weight is 483 g/mol. The van der Waals surface area contributed by atoms with E-state index in [1.54, 1.807) is 24.3 Å². The van der Waals surface area contributed by atoms with Crippen LogP contribution in [0.1, 0.15) is 46.9 Å². The summed E-state index contributed by atoms with van der Waals surface area (Å²) < 4.78 is 44.6. The average Bonchev–Trinajstić information content (AvgIpc) is 3.68. The van der Waals surface area contributed by atoms with Crippen LogP contribution in [0.4, 0.5) is 13.2 Å². The predicted octanol–water partition coefficient (Wildman–Crippen LogP) is 6.11. The maximum Gasteiger partial charge on any atom is 0.416 e. The van der Waals surface area contributed by atoms with E-state index in [4.69, 9.17) is 9.84 Å². The van der Waals surface area contributed by atoms with E-state index in [-0.39, 0.29) is 25.0 Å². The quantitative estimate of drug-likeness (QED) is 0.385. The van der Waals surface area contributed by atoms with E-state index >= 15 is 0 Å².